The molecule has 1 aliphatic rings. The number of nitrogens with one attached hydrogen (secondary N) is 1. The van der Waals surface area contributed by atoms with E-state index in [0.717, 1.165) is 11.8 Å². The first kappa shape index (κ1) is 13.0. The summed E-state index contributed by atoms with van der Waals surface area (Å²) in [7, 11) is 0. The van der Waals surface area contributed by atoms with Crippen molar-refractivity contribution in [3.63, 3.8) is 0 Å². The predicted octanol–water partition coefficient (Wildman–Crippen LogP) is 3.69. The van der Waals surface area contributed by atoms with Crippen molar-refractivity contribution in [3.8, 4) is 0 Å². The smallest absolute Gasteiger partial charge is 0.00153 e. The van der Waals surface area contributed by atoms with Gasteiger partial charge >= 0.3 is 0 Å². The Morgan fingerprint density at radius 1 is 1.00 bits per heavy atom. The van der Waals surface area contributed by atoms with Crippen molar-refractivity contribution in [2.24, 2.45) is 22.7 Å². The van der Waals surface area contributed by atoms with E-state index in [-0.39, 0.29) is 0 Å². The van der Waals surface area contributed by atoms with Crippen LogP contribution in [0.3, 0.4) is 0 Å². The zero-order chi connectivity index (χ0) is 11.7. The van der Waals surface area contributed by atoms with Crippen molar-refractivity contribution in [1.29, 1.82) is 0 Å². The molecule has 0 radical (unpaired) electrons. The normalized spacial score (nSPS) is 29.2. The summed E-state index contributed by atoms with van der Waals surface area (Å²) in [6.07, 6.45) is 2.76. The molecular weight excluding hydrogens is 182 g/mol. The summed E-state index contributed by atoms with van der Waals surface area (Å²) in [5, 5.41) is 3.61. The summed E-state index contributed by atoms with van der Waals surface area (Å²) in [4.78, 5) is 0. The van der Waals surface area contributed by atoms with Gasteiger partial charge in [-0.1, -0.05) is 41.5 Å². The fourth-order valence-electron chi connectivity index (χ4n) is 2.71. The molecule has 0 saturated carbocycles. The molecule has 0 amide bonds. The standard InChI is InChI=1S/C14H29N/c1-13(2,3)8-11-7-12(10-15-9-11)14(4,5)6/h11-12,15H,7-10H2,1-6H3. The molecule has 0 aromatic rings. The highest BCUT2D eigenvalue weighted by Gasteiger charge is 2.31. The van der Waals surface area contributed by atoms with Crippen molar-refractivity contribution in [2.45, 2.75) is 54.4 Å². The van der Waals surface area contributed by atoms with Gasteiger partial charge in [0.2, 0.25) is 0 Å². The molecule has 1 rings (SSSR count). The highest BCUT2D eigenvalue weighted by atomic mass is 14.9. The van der Waals surface area contributed by atoms with Crippen LogP contribution in [0.15, 0.2) is 0 Å². The van der Waals surface area contributed by atoms with Gasteiger partial charge in [-0.3, -0.25) is 0 Å². The van der Waals surface area contributed by atoms with E-state index in [1.807, 2.05) is 0 Å². The van der Waals surface area contributed by atoms with Crippen LogP contribution in [0.2, 0.25) is 0 Å². The lowest BCUT2D eigenvalue weighted by Crippen LogP contribution is -2.42. The maximum absolute atomic E-state index is 3.61. The van der Waals surface area contributed by atoms with E-state index in [1.54, 1.807) is 0 Å². The zero-order valence-corrected chi connectivity index (χ0v) is 11.5. The molecule has 0 aromatic heterocycles. The summed E-state index contributed by atoms with van der Waals surface area (Å²) >= 11 is 0. The third kappa shape index (κ3) is 4.55. The van der Waals surface area contributed by atoms with Crippen molar-refractivity contribution >= 4 is 0 Å². The Morgan fingerprint density at radius 2 is 1.60 bits per heavy atom. The SMILES string of the molecule is CC(C)(C)CC1CNCC(C(C)(C)C)C1. The van der Waals surface area contributed by atoms with Crippen LogP contribution in [0.5, 0.6) is 0 Å². The van der Waals surface area contributed by atoms with Gasteiger partial charge in [0, 0.05) is 0 Å². The van der Waals surface area contributed by atoms with Gasteiger partial charge < -0.3 is 5.32 Å². The van der Waals surface area contributed by atoms with E-state index < -0.39 is 0 Å². The molecule has 0 bridgehead atoms. The second-order valence-corrected chi connectivity index (χ2v) is 7.59. The lowest BCUT2D eigenvalue weighted by atomic mass is 9.71. The van der Waals surface area contributed by atoms with Crippen LogP contribution >= 0.6 is 0 Å². The first-order valence-corrected chi connectivity index (χ1v) is 6.39. The van der Waals surface area contributed by atoms with E-state index >= 15 is 0 Å². The molecule has 1 N–H and O–H groups in total. The fraction of sp³-hybridized carbons (Fsp3) is 1.00. The molecule has 1 saturated heterocycles. The molecule has 1 heterocycles. The molecule has 2 atom stereocenters. The summed E-state index contributed by atoms with van der Waals surface area (Å²) in [5.41, 5.74) is 0.940. The lowest BCUT2D eigenvalue weighted by molar-refractivity contribution is 0.132. The molecule has 90 valence electrons. The Bertz CT molecular complexity index is 194. The van der Waals surface area contributed by atoms with Crippen LogP contribution in [0, 0.1) is 22.7 Å². The van der Waals surface area contributed by atoms with Gasteiger partial charge in [-0.15, -0.1) is 0 Å². The summed E-state index contributed by atoms with van der Waals surface area (Å²) < 4.78 is 0. The maximum Gasteiger partial charge on any atom is -0.00153 e. The van der Waals surface area contributed by atoms with Crippen LogP contribution in [-0.4, -0.2) is 13.1 Å². The summed E-state index contributed by atoms with van der Waals surface area (Å²) in [6.45, 7) is 16.6. The first-order chi connectivity index (χ1) is 6.68. The highest BCUT2D eigenvalue weighted by Crippen LogP contribution is 2.36. The van der Waals surface area contributed by atoms with Crippen LogP contribution < -0.4 is 5.32 Å². The molecule has 1 aliphatic heterocycles. The second kappa shape index (κ2) is 4.45. The molecule has 2 unspecified atom stereocenters. The van der Waals surface area contributed by atoms with Gasteiger partial charge in [0.05, 0.1) is 0 Å². The number of piperidine rings is 1. The Labute approximate surface area is 96.0 Å². The van der Waals surface area contributed by atoms with Gasteiger partial charge in [-0.25, -0.2) is 0 Å². The van der Waals surface area contributed by atoms with Crippen LogP contribution in [0.4, 0.5) is 0 Å². The minimum Gasteiger partial charge on any atom is -0.316 e. The predicted molar refractivity (Wildman–Crippen MR) is 68.0 cm³/mol. The molecular formula is C14H29N. The van der Waals surface area contributed by atoms with Gasteiger partial charge in [-0.05, 0) is 48.6 Å². The van der Waals surface area contributed by atoms with Gasteiger partial charge in [0.15, 0.2) is 0 Å². The number of hydrogen-bond donors (Lipinski definition) is 1. The Hall–Kier alpha value is -0.0400. The minimum atomic E-state index is 0.462. The topological polar surface area (TPSA) is 12.0 Å². The van der Waals surface area contributed by atoms with Crippen LogP contribution in [-0.2, 0) is 0 Å². The number of rotatable bonds is 1. The molecule has 1 heteroatoms. The third-order valence-electron chi connectivity index (χ3n) is 3.57. The van der Waals surface area contributed by atoms with E-state index in [9.17, 15) is 0 Å². The average Bonchev–Trinajstić information content (AvgIpc) is 1.99. The quantitative estimate of drug-likeness (QED) is 0.697. The second-order valence-electron chi connectivity index (χ2n) is 7.59. The van der Waals surface area contributed by atoms with Crippen LogP contribution in [0.25, 0.3) is 0 Å². The molecule has 0 aliphatic carbocycles. The van der Waals surface area contributed by atoms with Gasteiger partial charge in [0.1, 0.15) is 0 Å². The van der Waals surface area contributed by atoms with Crippen molar-refractivity contribution < 1.29 is 0 Å². The monoisotopic (exact) mass is 211 g/mol. The van der Waals surface area contributed by atoms with E-state index in [4.69, 9.17) is 0 Å². The fourth-order valence-corrected chi connectivity index (χ4v) is 2.71. The average molecular weight is 211 g/mol. The van der Waals surface area contributed by atoms with Crippen molar-refractivity contribution in [1.82, 2.24) is 5.32 Å². The number of hydrogen-bond acceptors (Lipinski definition) is 1. The highest BCUT2D eigenvalue weighted by molar-refractivity contribution is 4.85. The Kier molecular flexibility index (Phi) is 3.86. The largest absolute Gasteiger partial charge is 0.316 e. The van der Waals surface area contributed by atoms with Gasteiger partial charge in [0.25, 0.3) is 0 Å². The molecule has 0 aromatic carbocycles. The summed E-state index contributed by atoms with van der Waals surface area (Å²) in [6, 6.07) is 0. The Balaban J connectivity index is 2.50. The molecule has 0 spiro atoms. The molecule has 1 nitrogen and oxygen atoms in total. The van der Waals surface area contributed by atoms with Crippen molar-refractivity contribution in [3.05, 3.63) is 0 Å². The maximum atomic E-state index is 3.61. The van der Waals surface area contributed by atoms with Crippen molar-refractivity contribution in [2.75, 3.05) is 13.1 Å². The molecule has 15 heavy (non-hydrogen) atoms. The van der Waals surface area contributed by atoms with E-state index in [2.05, 4.69) is 46.9 Å². The third-order valence-corrected chi connectivity index (χ3v) is 3.57. The Morgan fingerprint density at radius 3 is 2.07 bits per heavy atom. The minimum absolute atomic E-state index is 0.462. The first-order valence-electron chi connectivity index (χ1n) is 6.39. The van der Waals surface area contributed by atoms with E-state index in [1.165, 1.54) is 25.9 Å². The summed E-state index contributed by atoms with van der Waals surface area (Å²) in [5.74, 6) is 1.72. The van der Waals surface area contributed by atoms with E-state index in [0.29, 0.717) is 10.8 Å². The molecule has 1 fully saturated rings. The van der Waals surface area contributed by atoms with Crippen LogP contribution in [0.1, 0.15) is 54.4 Å². The lowest BCUT2D eigenvalue weighted by Gasteiger charge is -2.40. The zero-order valence-electron chi connectivity index (χ0n) is 11.5. The van der Waals surface area contributed by atoms with Gasteiger partial charge in [-0.2, -0.15) is 0 Å².